The van der Waals surface area contributed by atoms with Crippen molar-refractivity contribution < 1.29 is 9.13 Å². The van der Waals surface area contributed by atoms with E-state index >= 15 is 0 Å². The number of hydrogen-bond donors (Lipinski definition) is 0. The van der Waals surface area contributed by atoms with Gasteiger partial charge in [-0.2, -0.15) is 0 Å². The highest BCUT2D eigenvalue weighted by atomic mass is 35.5. The molecule has 0 atom stereocenters. The monoisotopic (exact) mass is 250 g/mol. The lowest BCUT2D eigenvalue weighted by atomic mass is 10.1. The molecular formula is C11H13Cl2FO. The predicted molar refractivity (Wildman–Crippen MR) is 61.9 cm³/mol. The first kappa shape index (κ1) is 12.6. The Kier molecular flexibility index (Phi) is 5.20. The molecule has 0 saturated heterocycles. The molecule has 0 bridgehead atoms. The van der Waals surface area contributed by atoms with Crippen molar-refractivity contribution in [3.63, 3.8) is 0 Å². The average molecular weight is 251 g/mol. The second kappa shape index (κ2) is 6.19. The highest BCUT2D eigenvalue weighted by Gasteiger charge is 2.09. The molecule has 0 N–H and O–H groups in total. The van der Waals surface area contributed by atoms with Crippen LogP contribution < -0.4 is 4.74 Å². The summed E-state index contributed by atoms with van der Waals surface area (Å²) in [5.41, 5.74) is 0.868. The van der Waals surface area contributed by atoms with Crippen LogP contribution in [0.4, 0.5) is 4.39 Å². The van der Waals surface area contributed by atoms with E-state index in [0.717, 1.165) is 5.56 Å². The Morgan fingerprint density at radius 2 is 2.07 bits per heavy atom. The van der Waals surface area contributed by atoms with Gasteiger partial charge in [-0.05, 0) is 37.5 Å². The summed E-state index contributed by atoms with van der Waals surface area (Å²) in [5, 5.41) is 1.04. The van der Waals surface area contributed by atoms with Gasteiger partial charge in [0.2, 0.25) is 0 Å². The summed E-state index contributed by atoms with van der Waals surface area (Å²) in [7, 11) is 0. The first-order chi connectivity index (χ1) is 7.19. The summed E-state index contributed by atoms with van der Waals surface area (Å²) in [6, 6.07) is 3.40. The molecule has 1 nitrogen and oxygen atoms in total. The van der Waals surface area contributed by atoms with E-state index in [1.54, 1.807) is 12.1 Å². The van der Waals surface area contributed by atoms with Crippen molar-refractivity contribution in [3.8, 4) is 5.75 Å². The average Bonchev–Trinajstić information content (AvgIpc) is 2.19. The van der Waals surface area contributed by atoms with Gasteiger partial charge in [-0.25, -0.2) is 0 Å². The first-order valence-corrected chi connectivity index (χ1v) is 5.61. The van der Waals surface area contributed by atoms with Crippen LogP contribution in [0.5, 0.6) is 5.75 Å². The van der Waals surface area contributed by atoms with Gasteiger partial charge in [0.1, 0.15) is 5.75 Å². The number of alkyl halides is 1. The van der Waals surface area contributed by atoms with Crippen LogP contribution in [0.1, 0.15) is 18.9 Å². The van der Waals surface area contributed by atoms with Gasteiger partial charge >= 0.3 is 0 Å². The molecule has 0 aliphatic heterocycles. The van der Waals surface area contributed by atoms with Crippen molar-refractivity contribution >= 4 is 23.2 Å². The highest BCUT2D eigenvalue weighted by Crippen LogP contribution is 2.33. The maximum absolute atomic E-state index is 12.1. The fourth-order valence-corrected chi connectivity index (χ4v) is 1.95. The molecule has 1 aromatic rings. The summed E-state index contributed by atoms with van der Waals surface area (Å²) < 4.78 is 17.5. The maximum Gasteiger partial charge on any atom is 0.141 e. The van der Waals surface area contributed by atoms with Gasteiger partial charge in [-0.3, -0.25) is 4.39 Å². The Labute approximate surface area is 99.1 Å². The molecule has 0 aliphatic carbocycles. The Morgan fingerprint density at radius 1 is 1.33 bits per heavy atom. The van der Waals surface area contributed by atoms with E-state index in [1.807, 2.05) is 6.92 Å². The van der Waals surface area contributed by atoms with Crippen LogP contribution in [0, 0.1) is 0 Å². The Balaban J connectivity index is 2.97. The molecule has 0 unspecified atom stereocenters. The Morgan fingerprint density at radius 3 is 2.67 bits per heavy atom. The fraction of sp³-hybridized carbons (Fsp3) is 0.455. The topological polar surface area (TPSA) is 9.23 Å². The number of hydrogen-bond acceptors (Lipinski definition) is 1. The summed E-state index contributed by atoms with van der Waals surface area (Å²) in [6.07, 6.45) is 1.04. The van der Waals surface area contributed by atoms with Crippen molar-refractivity contribution in [2.75, 3.05) is 13.3 Å². The van der Waals surface area contributed by atoms with Crippen molar-refractivity contribution in [1.29, 1.82) is 0 Å². The lowest BCUT2D eigenvalue weighted by molar-refractivity contribution is 0.335. The largest absolute Gasteiger partial charge is 0.492 e. The summed E-state index contributed by atoms with van der Waals surface area (Å²) in [4.78, 5) is 0. The van der Waals surface area contributed by atoms with Crippen LogP contribution in [0.15, 0.2) is 12.1 Å². The maximum atomic E-state index is 12.1. The Hall–Kier alpha value is -0.470. The smallest absolute Gasteiger partial charge is 0.141 e. The first-order valence-electron chi connectivity index (χ1n) is 4.85. The van der Waals surface area contributed by atoms with Gasteiger partial charge in [0.05, 0.1) is 18.3 Å². The van der Waals surface area contributed by atoms with Gasteiger partial charge in [-0.1, -0.05) is 23.2 Å². The number of halogens is 3. The molecule has 0 aliphatic rings. The summed E-state index contributed by atoms with van der Waals surface area (Å²) in [5.74, 6) is 0.622. The second-order valence-electron chi connectivity index (χ2n) is 3.10. The van der Waals surface area contributed by atoms with Gasteiger partial charge in [-0.15, -0.1) is 0 Å². The quantitative estimate of drug-likeness (QED) is 0.758. The molecule has 0 saturated carbocycles. The highest BCUT2D eigenvalue weighted by molar-refractivity contribution is 6.35. The zero-order chi connectivity index (χ0) is 11.3. The van der Waals surface area contributed by atoms with Gasteiger partial charge in [0, 0.05) is 5.02 Å². The summed E-state index contributed by atoms with van der Waals surface area (Å²) >= 11 is 11.9. The number of rotatable bonds is 5. The van der Waals surface area contributed by atoms with Crippen molar-refractivity contribution in [2.24, 2.45) is 0 Å². The molecule has 15 heavy (non-hydrogen) atoms. The molecule has 1 rings (SSSR count). The standard InChI is InChI=1S/C11H13Cl2FO/c1-2-15-11-8(4-3-5-14)6-9(12)7-10(11)13/h6-7H,2-5H2,1H3. The molecule has 0 heterocycles. The zero-order valence-electron chi connectivity index (χ0n) is 8.53. The normalized spacial score (nSPS) is 10.4. The second-order valence-corrected chi connectivity index (χ2v) is 3.95. The zero-order valence-corrected chi connectivity index (χ0v) is 10.0. The SMILES string of the molecule is CCOc1c(Cl)cc(Cl)cc1CCCF. The van der Waals surface area contributed by atoms with E-state index in [-0.39, 0.29) is 6.67 Å². The van der Waals surface area contributed by atoms with Crippen LogP contribution in [-0.2, 0) is 6.42 Å². The van der Waals surface area contributed by atoms with E-state index in [2.05, 4.69) is 0 Å². The Bertz CT molecular complexity index is 329. The molecule has 4 heteroatoms. The van der Waals surface area contributed by atoms with Crippen molar-refractivity contribution in [3.05, 3.63) is 27.7 Å². The molecule has 0 radical (unpaired) electrons. The van der Waals surface area contributed by atoms with E-state index in [4.69, 9.17) is 27.9 Å². The predicted octanol–water partition coefficient (Wildman–Crippen LogP) is 4.29. The molecule has 1 aromatic carbocycles. The molecular weight excluding hydrogens is 238 g/mol. The number of benzene rings is 1. The van der Waals surface area contributed by atoms with Gasteiger partial charge in [0.25, 0.3) is 0 Å². The lowest BCUT2D eigenvalue weighted by Crippen LogP contribution is -1.98. The summed E-state index contributed by atoms with van der Waals surface area (Å²) in [6.45, 7) is 2.06. The minimum atomic E-state index is -0.351. The van der Waals surface area contributed by atoms with Gasteiger partial charge < -0.3 is 4.74 Å². The fourth-order valence-electron chi connectivity index (χ4n) is 1.36. The van der Waals surface area contributed by atoms with Crippen LogP contribution in [0.3, 0.4) is 0 Å². The minimum absolute atomic E-state index is 0.351. The van der Waals surface area contributed by atoms with E-state index in [9.17, 15) is 4.39 Å². The minimum Gasteiger partial charge on any atom is -0.492 e. The van der Waals surface area contributed by atoms with Crippen LogP contribution in [0.25, 0.3) is 0 Å². The number of aryl methyl sites for hydroxylation is 1. The van der Waals surface area contributed by atoms with Crippen molar-refractivity contribution in [1.82, 2.24) is 0 Å². The third-order valence-electron chi connectivity index (χ3n) is 1.95. The molecule has 84 valence electrons. The molecule has 0 amide bonds. The van der Waals surface area contributed by atoms with E-state index in [0.29, 0.717) is 35.2 Å². The van der Waals surface area contributed by atoms with Crippen molar-refractivity contribution in [2.45, 2.75) is 19.8 Å². The third kappa shape index (κ3) is 3.54. The van der Waals surface area contributed by atoms with E-state index < -0.39 is 0 Å². The molecule has 0 fully saturated rings. The van der Waals surface area contributed by atoms with Crippen LogP contribution >= 0.6 is 23.2 Å². The van der Waals surface area contributed by atoms with Crippen LogP contribution in [0.2, 0.25) is 10.0 Å². The third-order valence-corrected chi connectivity index (χ3v) is 2.45. The molecule has 0 aromatic heterocycles. The lowest BCUT2D eigenvalue weighted by Gasteiger charge is -2.12. The molecule has 0 spiro atoms. The number of ether oxygens (including phenoxy) is 1. The van der Waals surface area contributed by atoms with E-state index in [1.165, 1.54) is 0 Å². The van der Waals surface area contributed by atoms with Gasteiger partial charge in [0.15, 0.2) is 0 Å². The van der Waals surface area contributed by atoms with Crippen LogP contribution in [-0.4, -0.2) is 13.3 Å².